The summed E-state index contributed by atoms with van der Waals surface area (Å²) >= 11 is 0. The molecule has 0 saturated carbocycles. The summed E-state index contributed by atoms with van der Waals surface area (Å²) in [7, 11) is -3.47. The first-order valence-electron chi connectivity index (χ1n) is 9.40. The van der Waals surface area contributed by atoms with Crippen LogP contribution in [0.4, 0.5) is 0 Å². The molecule has 1 heterocycles. The van der Waals surface area contributed by atoms with Gasteiger partial charge in [0.05, 0.1) is 18.1 Å². The molecule has 25 heavy (non-hydrogen) atoms. The van der Waals surface area contributed by atoms with Crippen molar-refractivity contribution >= 4 is 10.0 Å². The molecule has 1 aliphatic heterocycles. The largest absolute Gasteiger partial charge is 0.379 e. The van der Waals surface area contributed by atoms with Gasteiger partial charge >= 0.3 is 0 Å². The summed E-state index contributed by atoms with van der Waals surface area (Å²) in [6.45, 7) is 7.91. The van der Waals surface area contributed by atoms with Gasteiger partial charge in [0, 0.05) is 25.7 Å². The second-order valence-corrected chi connectivity index (χ2v) is 9.22. The molecule has 0 bridgehead atoms. The number of aryl methyl sites for hydroxylation is 2. The molecule has 0 amide bonds. The minimum Gasteiger partial charge on any atom is -0.379 e. The fraction of sp³-hybridized carbons (Fsp3) is 0.684. The quantitative estimate of drug-likeness (QED) is 0.839. The van der Waals surface area contributed by atoms with Gasteiger partial charge < -0.3 is 4.74 Å². The summed E-state index contributed by atoms with van der Waals surface area (Å²) in [6, 6.07) is 5.81. The topological polar surface area (TPSA) is 58.6 Å². The van der Waals surface area contributed by atoms with Crippen LogP contribution in [-0.4, -0.2) is 52.2 Å². The molecule has 0 radical (unpaired) electrons. The predicted octanol–water partition coefficient (Wildman–Crippen LogP) is 2.20. The van der Waals surface area contributed by atoms with Gasteiger partial charge in [-0.15, -0.1) is 0 Å². The Morgan fingerprint density at radius 2 is 1.80 bits per heavy atom. The van der Waals surface area contributed by atoms with Crippen LogP contribution in [0.25, 0.3) is 0 Å². The molecule has 1 unspecified atom stereocenters. The molecule has 1 saturated heterocycles. The minimum atomic E-state index is -3.47. The van der Waals surface area contributed by atoms with E-state index in [-0.39, 0.29) is 6.04 Å². The van der Waals surface area contributed by atoms with Crippen molar-refractivity contribution in [3.8, 4) is 0 Å². The lowest BCUT2D eigenvalue weighted by molar-refractivity contribution is 0.00776. The van der Waals surface area contributed by atoms with Crippen molar-refractivity contribution in [2.24, 2.45) is 5.92 Å². The first-order valence-corrected chi connectivity index (χ1v) is 10.9. The highest BCUT2D eigenvalue weighted by atomic mass is 32.2. The highest BCUT2D eigenvalue weighted by molar-refractivity contribution is 7.89. The smallest absolute Gasteiger partial charge is 0.240 e. The lowest BCUT2D eigenvalue weighted by Gasteiger charge is -2.36. The van der Waals surface area contributed by atoms with Gasteiger partial charge in [0.2, 0.25) is 10.0 Å². The fourth-order valence-electron chi connectivity index (χ4n) is 3.85. The maximum Gasteiger partial charge on any atom is 0.240 e. The number of ether oxygens (including phenoxy) is 1. The van der Waals surface area contributed by atoms with Crippen molar-refractivity contribution in [3.63, 3.8) is 0 Å². The Morgan fingerprint density at radius 1 is 1.12 bits per heavy atom. The zero-order chi connectivity index (χ0) is 17.9. The van der Waals surface area contributed by atoms with Crippen LogP contribution in [-0.2, 0) is 27.6 Å². The maximum absolute atomic E-state index is 12.8. The molecule has 1 N–H and O–H groups in total. The van der Waals surface area contributed by atoms with Gasteiger partial charge in [0.25, 0.3) is 0 Å². The van der Waals surface area contributed by atoms with E-state index in [1.807, 2.05) is 12.1 Å². The van der Waals surface area contributed by atoms with Gasteiger partial charge in [0.1, 0.15) is 0 Å². The third-order valence-corrected chi connectivity index (χ3v) is 6.82. The Bertz CT molecular complexity index is 682. The van der Waals surface area contributed by atoms with Crippen LogP contribution >= 0.6 is 0 Å². The van der Waals surface area contributed by atoms with Gasteiger partial charge in [0.15, 0.2) is 0 Å². The second-order valence-electron chi connectivity index (χ2n) is 7.45. The van der Waals surface area contributed by atoms with Crippen LogP contribution < -0.4 is 4.72 Å². The molecule has 1 aliphatic carbocycles. The van der Waals surface area contributed by atoms with Crippen LogP contribution in [0, 0.1) is 5.92 Å². The SMILES string of the molecule is CC(C)C(CNS(=O)(=O)c1ccc2c(c1)CCCC2)N1CCOCC1. The number of sulfonamides is 1. The first kappa shape index (κ1) is 18.8. The summed E-state index contributed by atoms with van der Waals surface area (Å²) in [5.74, 6) is 0.379. The molecule has 3 rings (SSSR count). The third kappa shape index (κ3) is 4.61. The van der Waals surface area contributed by atoms with Gasteiger partial charge in [-0.3, -0.25) is 4.90 Å². The highest BCUT2D eigenvalue weighted by Gasteiger charge is 2.26. The number of nitrogens with one attached hydrogen (secondary N) is 1. The monoisotopic (exact) mass is 366 g/mol. The van der Waals surface area contributed by atoms with E-state index in [4.69, 9.17) is 4.74 Å². The number of fused-ring (bicyclic) bond motifs is 1. The van der Waals surface area contributed by atoms with Crippen LogP contribution in [0.5, 0.6) is 0 Å². The van der Waals surface area contributed by atoms with Crippen molar-refractivity contribution < 1.29 is 13.2 Å². The molecule has 5 nitrogen and oxygen atoms in total. The Hall–Kier alpha value is -0.950. The molecule has 140 valence electrons. The average Bonchev–Trinajstić information content (AvgIpc) is 2.62. The van der Waals surface area contributed by atoms with Gasteiger partial charge in [-0.25, -0.2) is 13.1 Å². The van der Waals surface area contributed by atoms with Crippen molar-refractivity contribution in [2.45, 2.75) is 50.5 Å². The Morgan fingerprint density at radius 3 is 2.48 bits per heavy atom. The molecular formula is C19H30N2O3S. The van der Waals surface area contributed by atoms with Gasteiger partial charge in [-0.2, -0.15) is 0 Å². The van der Waals surface area contributed by atoms with Gasteiger partial charge in [-0.1, -0.05) is 19.9 Å². The van der Waals surface area contributed by atoms with Crippen molar-refractivity contribution in [2.75, 3.05) is 32.8 Å². The van der Waals surface area contributed by atoms with E-state index in [0.29, 0.717) is 17.4 Å². The molecule has 2 aliphatic rings. The van der Waals surface area contributed by atoms with Crippen molar-refractivity contribution in [1.82, 2.24) is 9.62 Å². The van der Waals surface area contributed by atoms with Crippen LogP contribution in [0.15, 0.2) is 23.1 Å². The molecular weight excluding hydrogens is 336 g/mol. The number of hydrogen-bond donors (Lipinski definition) is 1. The standard InChI is InChI=1S/C19H30N2O3S/c1-15(2)19(21-9-11-24-12-10-21)14-20-25(22,23)18-8-7-16-5-3-4-6-17(16)13-18/h7-8,13,15,19-20H,3-6,9-12,14H2,1-2H3. The van der Waals surface area contributed by atoms with E-state index < -0.39 is 10.0 Å². The molecule has 1 fully saturated rings. The fourth-order valence-corrected chi connectivity index (χ4v) is 4.95. The van der Waals surface area contributed by atoms with Crippen LogP contribution in [0.1, 0.15) is 37.8 Å². The van der Waals surface area contributed by atoms with E-state index in [1.54, 1.807) is 6.07 Å². The van der Waals surface area contributed by atoms with Crippen molar-refractivity contribution in [1.29, 1.82) is 0 Å². The maximum atomic E-state index is 12.8. The molecule has 0 aromatic heterocycles. The zero-order valence-electron chi connectivity index (χ0n) is 15.3. The summed E-state index contributed by atoms with van der Waals surface area (Å²) < 4.78 is 33.8. The molecule has 1 aromatic rings. The van der Waals surface area contributed by atoms with E-state index in [0.717, 1.165) is 45.6 Å². The number of rotatable bonds is 6. The average molecular weight is 367 g/mol. The molecule has 0 spiro atoms. The van der Waals surface area contributed by atoms with E-state index in [1.165, 1.54) is 17.5 Å². The van der Waals surface area contributed by atoms with E-state index in [2.05, 4.69) is 23.5 Å². The van der Waals surface area contributed by atoms with E-state index >= 15 is 0 Å². The lowest BCUT2D eigenvalue weighted by Crippen LogP contribution is -2.51. The van der Waals surface area contributed by atoms with Crippen LogP contribution in [0.2, 0.25) is 0 Å². The highest BCUT2D eigenvalue weighted by Crippen LogP contribution is 2.24. The van der Waals surface area contributed by atoms with Gasteiger partial charge in [-0.05, 0) is 54.9 Å². The Balaban J connectivity index is 1.69. The molecule has 1 aromatic carbocycles. The van der Waals surface area contributed by atoms with E-state index in [9.17, 15) is 8.42 Å². The second kappa shape index (κ2) is 8.16. The summed E-state index contributed by atoms with van der Waals surface area (Å²) in [5.41, 5.74) is 2.50. The zero-order valence-corrected chi connectivity index (χ0v) is 16.1. The Labute approximate surface area is 151 Å². The minimum absolute atomic E-state index is 0.191. The molecule has 6 heteroatoms. The first-order chi connectivity index (χ1) is 12.0. The third-order valence-electron chi connectivity index (χ3n) is 5.40. The Kier molecular flexibility index (Phi) is 6.15. The number of nitrogens with zero attached hydrogens (tertiary/aromatic N) is 1. The number of morpholine rings is 1. The normalized spacial score (nSPS) is 20.4. The van der Waals surface area contributed by atoms with Crippen molar-refractivity contribution in [3.05, 3.63) is 29.3 Å². The predicted molar refractivity (Wildman–Crippen MR) is 99.3 cm³/mol. The number of benzene rings is 1. The summed E-state index contributed by atoms with van der Waals surface area (Å²) in [4.78, 5) is 2.74. The molecule has 1 atom stereocenters. The summed E-state index contributed by atoms with van der Waals surface area (Å²) in [5, 5.41) is 0. The van der Waals surface area contributed by atoms with Crippen LogP contribution in [0.3, 0.4) is 0 Å². The number of hydrogen-bond acceptors (Lipinski definition) is 4. The summed E-state index contributed by atoms with van der Waals surface area (Å²) in [6.07, 6.45) is 4.40. The lowest BCUT2D eigenvalue weighted by atomic mass is 9.92.